The minimum absolute atomic E-state index is 0.371. The van der Waals surface area contributed by atoms with Gasteiger partial charge >= 0.3 is 5.97 Å². The molecule has 0 aliphatic carbocycles. The molecule has 0 amide bonds. The van der Waals surface area contributed by atoms with Crippen molar-refractivity contribution in [2.45, 2.75) is 6.92 Å². The highest BCUT2D eigenvalue weighted by Crippen LogP contribution is 2.28. The van der Waals surface area contributed by atoms with Gasteiger partial charge in [-0.2, -0.15) is 4.57 Å². The molecule has 0 bridgehead atoms. The Labute approximate surface area is 146 Å². The molecule has 0 saturated heterocycles. The van der Waals surface area contributed by atoms with Crippen LogP contribution in [0.1, 0.15) is 18.2 Å². The number of hydrogen-bond donors (Lipinski definition) is 0. The molecule has 0 atom stereocenters. The second-order valence-corrected chi connectivity index (χ2v) is 5.71. The van der Waals surface area contributed by atoms with Crippen LogP contribution in [-0.2, 0) is 11.8 Å². The number of carbonyl (C=O) groups excluding carboxylic acids is 1. The molecule has 2 aromatic carbocycles. The molecule has 1 heterocycles. The van der Waals surface area contributed by atoms with Crippen LogP contribution in [0, 0.1) is 0 Å². The Morgan fingerprint density at radius 1 is 1.00 bits per heavy atom. The highest BCUT2D eigenvalue weighted by molar-refractivity contribution is 5.77. The molecule has 3 aromatic rings. The summed E-state index contributed by atoms with van der Waals surface area (Å²) in [5, 5.41) is 1.20. The maximum Gasteiger partial charge on any atom is 0.308 e. The molecule has 4 nitrogen and oxygen atoms in total. The largest absolute Gasteiger partial charge is 0.493 e. The third-order valence-electron chi connectivity index (χ3n) is 4.01. The van der Waals surface area contributed by atoms with E-state index >= 15 is 0 Å². The normalized spacial score (nSPS) is 11.0. The van der Waals surface area contributed by atoms with Crippen molar-refractivity contribution in [3.8, 4) is 11.5 Å². The van der Waals surface area contributed by atoms with Crippen molar-refractivity contribution in [3.05, 3.63) is 65.9 Å². The van der Waals surface area contributed by atoms with Crippen molar-refractivity contribution in [3.63, 3.8) is 0 Å². The second-order valence-electron chi connectivity index (χ2n) is 5.71. The highest BCUT2D eigenvalue weighted by Gasteiger charge is 2.09. The van der Waals surface area contributed by atoms with E-state index in [4.69, 9.17) is 9.47 Å². The van der Waals surface area contributed by atoms with Gasteiger partial charge in [-0.05, 0) is 35.9 Å². The van der Waals surface area contributed by atoms with Crippen LogP contribution < -0.4 is 14.0 Å². The maximum atomic E-state index is 11.1. The van der Waals surface area contributed by atoms with E-state index in [0.717, 1.165) is 11.3 Å². The van der Waals surface area contributed by atoms with Gasteiger partial charge in [0.15, 0.2) is 11.5 Å². The molecule has 0 saturated carbocycles. The van der Waals surface area contributed by atoms with E-state index in [-0.39, 0.29) is 5.97 Å². The summed E-state index contributed by atoms with van der Waals surface area (Å²) in [4.78, 5) is 11.1. The number of carbonyl (C=O) groups is 1. The molecule has 0 radical (unpaired) electrons. The number of fused-ring (bicyclic) bond motifs is 1. The fourth-order valence-corrected chi connectivity index (χ4v) is 2.74. The third kappa shape index (κ3) is 3.69. The lowest BCUT2D eigenvalue weighted by molar-refractivity contribution is -0.646. The molecule has 0 spiro atoms. The predicted molar refractivity (Wildman–Crippen MR) is 98.4 cm³/mol. The number of aromatic nitrogens is 1. The van der Waals surface area contributed by atoms with E-state index in [9.17, 15) is 4.79 Å². The number of esters is 1. The maximum absolute atomic E-state index is 11.1. The standard InChI is InChI=1S/C21H20NO3/c1-15(23)25-20-13-9-16(14-21(20)24-3)8-11-18-12-10-17-6-4-5-7-19(17)22(18)2/h4-14H,1-3H3/q+1/b11-8+. The summed E-state index contributed by atoms with van der Waals surface area (Å²) < 4.78 is 12.6. The van der Waals surface area contributed by atoms with Crippen molar-refractivity contribution in [1.29, 1.82) is 0 Å². The zero-order chi connectivity index (χ0) is 17.8. The van der Waals surface area contributed by atoms with Gasteiger partial charge in [0.1, 0.15) is 7.05 Å². The third-order valence-corrected chi connectivity index (χ3v) is 4.01. The van der Waals surface area contributed by atoms with Crippen LogP contribution in [0.3, 0.4) is 0 Å². The Kier molecular flexibility index (Phi) is 4.80. The summed E-state index contributed by atoms with van der Waals surface area (Å²) >= 11 is 0. The number of rotatable bonds is 4. The molecular weight excluding hydrogens is 314 g/mol. The fourth-order valence-electron chi connectivity index (χ4n) is 2.74. The quantitative estimate of drug-likeness (QED) is 0.414. The molecule has 3 rings (SSSR count). The number of hydrogen-bond acceptors (Lipinski definition) is 3. The van der Waals surface area contributed by atoms with Crippen molar-refractivity contribution in [2.24, 2.45) is 7.05 Å². The van der Waals surface area contributed by atoms with Crippen LogP contribution in [0.5, 0.6) is 11.5 Å². The van der Waals surface area contributed by atoms with E-state index in [1.54, 1.807) is 13.2 Å². The van der Waals surface area contributed by atoms with Crippen LogP contribution in [0.4, 0.5) is 0 Å². The summed E-state index contributed by atoms with van der Waals surface area (Å²) in [7, 11) is 3.60. The molecule has 0 aliphatic heterocycles. The number of para-hydroxylation sites is 1. The van der Waals surface area contributed by atoms with Crippen LogP contribution in [0.25, 0.3) is 23.1 Å². The first kappa shape index (κ1) is 16.7. The molecular formula is C21H20NO3+. The lowest BCUT2D eigenvalue weighted by Crippen LogP contribution is -2.32. The smallest absolute Gasteiger partial charge is 0.308 e. The van der Waals surface area contributed by atoms with Crippen molar-refractivity contribution < 1.29 is 18.8 Å². The first-order valence-electron chi connectivity index (χ1n) is 8.01. The van der Waals surface area contributed by atoms with Gasteiger partial charge in [-0.3, -0.25) is 4.79 Å². The summed E-state index contributed by atoms with van der Waals surface area (Å²) in [5.41, 5.74) is 3.22. The molecule has 0 aliphatic rings. The van der Waals surface area contributed by atoms with Gasteiger partial charge in [-0.1, -0.05) is 18.2 Å². The molecule has 25 heavy (non-hydrogen) atoms. The number of nitrogens with zero attached hydrogens (tertiary/aromatic N) is 1. The molecule has 0 unspecified atom stereocenters. The molecule has 1 aromatic heterocycles. The first-order valence-corrected chi connectivity index (χ1v) is 8.01. The Hall–Kier alpha value is -3.14. The van der Waals surface area contributed by atoms with Crippen LogP contribution in [0.2, 0.25) is 0 Å². The summed E-state index contributed by atoms with van der Waals surface area (Å²) in [6.07, 6.45) is 4.05. The van der Waals surface area contributed by atoms with Crippen LogP contribution in [0.15, 0.2) is 54.6 Å². The lowest BCUT2D eigenvalue weighted by Gasteiger charge is -2.08. The first-order chi connectivity index (χ1) is 12.1. The minimum atomic E-state index is -0.371. The number of ether oxygens (including phenoxy) is 2. The van der Waals surface area contributed by atoms with E-state index < -0.39 is 0 Å². The van der Waals surface area contributed by atoms with Crippen molar-refractivity contribution >= 4 is 29.0 Å². The number of benzene rings is 2. The molecule has 126 valence electrons. The van der Waals surface area contributed by atoms with Gasteiger partial charge in [-0.15, -0.1) is 0 Å². The SMILES string of the molecule is COc1cc(/C=C/c2ccc3ccccc3[n+]2C)ccc1OC(C)=O. The van der Waals surface area contributed by atoms with E-state index in [0.29, 0.717) is 11.5 Å². The van der Waals surface area contributed by atoms with Gasteiger partial charge in [0.2, 0.25) is 11.2 Å². The van der Waals surface area contributed by atoms with Gasteiger partial charge < -0.3 is 9.47 Å². The van der Waals surface area contributed by atoms with Crippen LogP contribution >= 0.6 is 0 Å². The van der Waals surface area contributed by atoms with Gasteiger partial charge in [-0.25, -0.2) is 0 Å². The zero-order valence-electron chi connectivity index (χ0n) is 14.5. The van der Waals surface area contributed by atoms with E-state index in [1.165, 1.54) is 17.8 Å². The minimum Gasteiger partial charge on any atom is -0.493 e. The summed E-state index contributed by atoms with van der Waals surface area (Å²) in [5.74, 6) is 0.577. The number of aryl methyl sites for hydroxylation is 1. The predicted octanol–water partition coefficient (Wildman–Crippen LogP) is 3.77. The molecule has 0 N–H and O–H groups in total. The average Bonchev–Trinajstić information content (AvgIpc) is 2.62. The van der Waals surface area contributed by atoms with Gasteiger partial charge in [0, 0.05) is 30.5 Å². The lowest BCUT2D eigenvalue weighted by atomic mass is 10.1. The Bertz CT molecular complexity index is 961. The number of pyridine rings is 1. The van der Waals surface area contributed by atoms with Crippen LogP contribution in [-0.4, -0.2) is 13.1 Å². The molecule has 4 heteroatoms. The van der Waals surface area contributed by atoms with E-state index in [2.05, 4.69) is 28.8 Å². The fraction of sp³-hybridized carbons (Fsp3) is 0.143. The van der Waals surface area contributed by atoms with Crippen molar-refractivity contribution in [1.82, 2.24) is 0 Å². The Morgan fingerprint density at radius 2 is 1.80 bits per heavy atom. The second kappa shape index (κ2) is 7.18. The van der Waals surface area contributed by atoms with Gasteiger partial charge in [0.25, 0.3) is 0 Å². The average molecular weight is 334 g/mol. The summed E-state index contributed by atoms with van der Waals surface area (Å²) in [6, 6.07) is 17.9. The summed E-state index contributed by atoms with van der Waals surface area (Å²) in [6.45, 7) is 1.37. The van der Waals surface area contributed by atoms with Crippen molar-refractivity contribution in [2.75, 3.05) is 7.11 Å². The van der Waals surface area contributed by atoms with E-state index in [1.807, 2.05) is 43.5 Å². The van der Waals surface area contributed by atoms with Gasteiger partial charge in [0.05, 0.1) is 7.11 Å². The Morgan fingerprint density at radius 3 is 2.56 bits per heavy atom. The molecule has 0 fully saturated rings. The zero-order valence-corrected chi connectivity index (χ0v) is 14.5. The number of methoxy groups -OCH3 is 1. The Balaban J connectivity index is 1.92. The monoisotopic (exact) mass is 334 g/mol. The highest BCUT2D eigenvalue weighted by atomic mass is 16.6. The topological polar surface area (TPSA) is 39.4 Å².